The quantitative estimate of drug-likeness (QED) is 0.834. The number of nitrogens with zero attached hydrogens (tertiary/aromatic N) is 1. The van der Waals surface area contributed by atoms with Gasteiger partial charge in [0.05, 0.1) is 18.0 Å². The van der Waals surface area contributed by atoms with Crippen molar-refractivity contribution in [2.75, 3.05) is 12.9 Å². The van der Waals surface area contributed by atoms with E-state index in [9.17, 15) is 8.42 Å². The van der Waals surface area contributed by atoms with Crippen molar-refractivity contribution < 1.29 is 18.1 Å². The first-order valence-electron chi connectivity index (χ1n) is 7.63. The summed E-state index contributed by atoms with van der Waals surface area (Å²) in [6.45, 7) is 0.193. The predicted octanol–water partition coefficient (Wildman–Crippen LogP) is 2.34. The van der Waals surface area contributed by atoms with Gasteiger partial charge in [-0.3, -0.25) is 9.55 Å². The van der Waals surface area contributed by atoms with E-state index >= 15 is 0 Å². The summed E-state index contributed by atoms with van der Waals surface area (Å²) in [6, 6.07) is 18.9. The van der Waals surface area contributed by atoms with E-state index < -0.39 is 10.1 Å². The van der Waals surface area contributed by atoms with Crippen molar-refractivity contribution in [1.82, 2.24) is 0 Å². The van der Waals surface area contributed by atoms with E-state index in [0.29, 0.717) is 6.26 Å². The smallest absolute Gasteiger partial charge is 0.261 e. The third-order valence-corrected chi connectivity index (χ3v) is 3.55. The molecule has 0 bridgehead atoms. The monoisotopic (exact) mass is 347 g/mol. The summed E-state index contributed by atoms with van der Waals surface area (Å²) in [5.74, 6) is 0. The van der Waals surface area contributed by atoms with Gasteiger partial charge in [-0.2, -0.15) is 8.42 Å². The molecule has 2 aromatic carbocycles. The van der Waals surface area contributed by atoms with Gasteiger partial charge >= 0.3 is 0 Å². The second-order valence-electron chi connectivity index (χ2n) is 5.60. The highest BCUT2D eigenvalue weighted by Crippen LogP contribution is 2.24. The van der Waals surface area contributed by atoms with Gasteiger partial charge < -0.3 is 5.11 Å². The molecule has 1 aliphatic heterocycles. The average molecular weight is 347 g/mol. The lowest BCUT2D eigenvalue weighted by Gasteiger charge is -2.23. The molecule has 1 atom stereocenters. The lowest BCUT2D eigenvalue weighted by atomic mass is 9.89. The van der Waals surface area contributed by atoms with Crippen LogP contribution in [0, 0.1) is 0 Å². The van der Waals surface area contributed by atoms with Crippen LogP contribution in [0.4, 0.5) is 0 Å². The van der Waals surface area contributed by atoms with E-state index in [0.717, 1.165) is 24.1 Å². The first-order valence-corrected chi connectivity index (χ1v) is 9.48. The van der Waals surface area contributed by atoms with E-state index in [4.69, 9.17) is 14.7 Å². The molecule has 1 aliphatic rings. The van der Waals surface area contributed by atoms with Crippen molar-refractivity contribution in [3.8, 4) is 0 Å². The maximum atomic E-state index is 9.19. The Labute approximate surface area is 142 Å². The Morgan fingerprint density at radius 1 is 1.08 bits per heavy atom. The third kappa shape index (κ3) is 5.56. The molecule has 3 rings (SSSR count). The second-order valence-corrected chi connectivity index (χ2v) is 7.07. The van der Waals surface area contributed by atoms with Crippen LogP contribution in [0.15, 0.2) is 59.6 Å². The van der Waals surface area contributed by atoms with E-state index in [1.165, 1.54) is 11.1 Å². The zero-order valence-electron chi connectivity index (χ0n) is 13.5. The molecule has 0 fully saturated rings. The number of aliphatic hydroxyl groups excluding tert-OH is 1. The number of fused-ring (bicyclic) bond motifs is 1. The number of benzene rings is 2. The highest BCUT2D eigenvalue weighted by Gasteiger charge is 2.21. The minimum atomic E-state index is -3.67. The fraction of sp³-hybridized carbons (Fsp3) is 0.278. The van der Waals surface area contributed by atoms with E-state index in [1.54, 1.807) is 0 Å². The van der Waals surface area contributed by atoms with Crippen LogP contribution in [-0.2, 0) is 16.5 Å². The van der Waals surface area contributed by atoms with Gasteiger partial charge in [0.25, 0.3) is 10.1 Å². The van der Waals surface area contributed by atoms with Crippen LogP contribution in [0.2, 0.25) is 0 Å². The summed E-state index contributed by atoms with van der Waals surface area (Å²) in [6.07, 6.45) is 2.37. The van der Waals surface area contributed by atoms with Gasteiger partial charge in [0.2, 0.25) is 0 Å². The molecule has 0 amide bonds. The van der Waals surface area contributed by atoms with Gasteiger partial charge in [0.15, 0.2) is 0 Å². The minimum Gasteiger partial charge on any atom is -0.396 e. The van der Waals surface area contributed by atoms with Crippen LogP contribution in [0.3, 0.4) is 0 Å². The topological polar surface area (TPSA) is 87.0 Å². The molecule has 128 valence electrons. The lowest BCUT2D eigenvalue weighted by molar-refractivity contribution is 0.275. The standard InChI is InChI=1S/C17H17NO.CH4O3S/c19-11-10-15-12-14-8-4-5-9-16(14)17(18-15)13-6-2-1-3-7-13;1-5(2,3)4/h1-9,15,19H,10-12H2;1H3,(H,2,3,4). The van der Waals surface area contributed by atoms with E-state index in [-0.39, 0.29) is 12.6 Å². The SMILES string of the molecule is CS(=O)(=O)O.OCCC1Cc2ccccc2C(c2ccccc2)=N1. The number of aliphatic hydroxyl groups is 1. The molecule has 0 aliphatic carbocycles. The van der Waals surface area contributed by atoms with Gasteiger partial charge in [-0.25, -0.2) is 0 Å². The zero-order chi connectivity index (χ0) is 17.6. The molecule has 2 N–H and O–H groups in total. The maximum Gasteiger partial charge on any atom is 0.261 e. The Bertz CT molecular complexity index is 793. The summed E-state index contributed by atoms with van der Waals surface area (Å²) in [7, 11) is -3.67. The van der Waals surface area contributed by atoms with Crippen LogP contribution in [-0.4, -0.2) is 42.7 Å². The number of aliphatic imine (C=N–C) groups is 1. The molecule has 2 aromatic rings. The second kappa shape index (κ2) is 8.19. The Hall–Kier alpha value is -2.02. The van der Waals surface area contributed by atoms with Crippen LogP contribution in [0.1, 0.15) is 23.1 Å². The first kappa shape index (κ1) is 18.3. The summed E-state index contributed by atoms with van der Waals surface area (Å²) in [5, 5.41) is 9.15. The highest BCUT2D eigenvalue weighted by molar-refractivity contribution is 7.85. The normalized spacial score (nSPS) is 16.5. The molecular formula is C18H21NO4S. The third-order valence-electron chi connectivity index (χ3n) is 3.55. The predicted molar refractivity (Wildman–Crippen MR) is 95.2 cm³/mol. The molecule has 1 heterocycles. The Morgan fingerprint density at radius 2 is 1.67 bits per heavy atom. The van der Waals surface area contributed by atoms with Crippen LogP contribution in [0.5, 0.6) is 0 Å². The molecule has 0 saturated heterocycles. The molecule has 0 aromatic heterocycles. The average Bonchev–Trinajstić information content (AvgIpc) is 2.54. The summed E-state index contributed by atoms with van der Waals surface area (Å²) in [4.78, 5) is 4.84. The van der Waals surface area contributed by atoms with E-state index in [2.05, 4.69) is 36.4 Å². The minimum absolute atomic E-state index is 0.190. The van der Waals surface area contributed by atoms with Crippen molar-refractivity contribution in [3.63, 3.8) is 0 Å². The number of hydrogen-bond acceptors (Lipinski definition) is 4. The van der Waals surface area contributed by atoms with Crippen molar-refractivity contribution >= 4 is 15.8 Å². The van der Waals surface area contributed by atoms with Gasteiger partial charge in [-0.05, 0) is 18.4 Å². The van der Waals surface area contributed by atoms with Gasteiger partial charge in [0, 0.05) is 17.7 Å². The summed E-state index contributed by atoms with van der Waals surface area (Å²) in [5.41, 5.74) is 4.76. The van der Waals surface area contributed by atoms with Crippen LogP contribution in [0.25, 0.3) is 0 Å². The molecule has 0 spiro atoms. The largest absolute Gasteiger partial charge is 0.396 e. The van der Waals surface area contributed by atoms with Gasteiger partial charge in [0.1, 0.15) is 0 Å². The summed E-state index contributed by atoms with van der Waals surface area (Å²) >= 11 is 0. The molecule has 0 saturated carbocycles. The Morgan fingerprint density at radius 3 is 2.29 bits per heavy atom. The van der Waals surface area contributed by atoms with Crippen LogP contribution < -0.4 is 0 Å². The molecule has 0 radical (unpaired) electrons. The lowest BCUT2D eigenvalue weighted by Crippen LogP contribution is -2.22. The molecule has 1 unspecified atom stereocenters. The molecule has 6 heteroatoms. The van der Waals surface area contributed by atoms with Gasteiger partial charge in [-0.1, -0.05) is 54.6 Å². The summed E-state index contributed by atoms with van der Waals surface area (Å²) < 4.78 is 25.9. The van der Waals surface area contributed by atoms with Crippen molar-refractivity contribution in [2.45, 2.75) is 18.9 Å². The van der Waals surface area contributed by atoms with Crippen molar-refractivity contribution in [2.24, 2.45) is 4.99 Å². The molecular weight excluding hydrogens is 326 g/mol. The van der Waals surface area contributed by atoms with E-state index in [1.807, 2.05) is 18.2 Å². The molecule has 24 heavy (non-hydrogen) atoms. The fourth-order valence-corrected chi connectivity index (χ4v) is 2.62. The van der Waals surface area contributed by atoms with Gasteiger partial charge in [-0.15, -0.1) is 0 Å². The van der Waals surface area contributed by atoms with Crippen molar-refractivity contribution in [3.05, 3.63) is 71.3 Å². The number of rotatable bonds is 3. The fourth-order valence-electron chi connectivity index (χ4n) is 2.62. The number of hydrogen-bond donors (Lipinski definition) is 2. The zero-order valence-corrected chi connectivity index (χ0v) is 14.3. The first-order chi connectivity index (χ1) is 11.4. The molecule has 5 nitrogen and oxygen atoms in total. The highest BCUT2D eigenvalue weighted by atomic mass is 32.2. The Kier molecular flexibility index (Phi) is 6.25. The Balaban J connectivity index is 0.000000368. The van der Waals surface area contributed by atoms with Crippen molar-refractivity contribution in [1.29, 1.82) is 0 Å². The maximum absolute atomic E-state index is 9.19. The van der Waals surface area contributed by atoms with Crippen LogP contribution >= 0.6 is 0 Å².